The first-order valence-electron chi connectivity index (χ1n) is 8.07. The van der Waals surface area contributed by atoms with Gasteiger partial charge in [-0.25, -0.2) is 0 Å². The summed E-state index contributed by atoms with van der Waals surface area (Å²) in [5.41, 5.74) is 3.84. The third kappa shape index (κ3) is 2.95. The molecule has 0 N–H and O–H groups in total. The molecule has 3 rings (SSSR count). The van der Waals surface area contributed by atoms with E-state index in [-0.39, 0.29) is 0 Å². The lowest BCUT2D eigenvalue weighted by Crippen LogP contribution is -2.18. The van der Waals surface area contributed by atoms with Crippen LogP contribution >= 0.6 is 11.8 Å². The fourth-order valence-electron chi connectivity index (χ4n) is 2.88. The highest BCUT2D eigenvalue weighted by Crippen LogP contribution is 2.51. The van der Waals surface area contributed by atoms with Gasteiger partial charge in [0.25, 0.3) is 0 Å². The molecular formula is C19H21NO3S. The monoisotopic (exact) mass is 343 g/mol. The molecule has 0 amide bonds. The van der Waals surface area contributed by atoms with Gasteiger partial charge in [0.15, 0.2) is 12.6 Å². The van der Waals surface area contributed by atoms with Crippen molar-refractivity contribution in [2.45, 2.75) is 29.9 Å². The Bertz CT molecular complexity index is 741. The smallest absolute Gasteiger partial charge is 0.184 e. The van der Waals surface area contributed by atoms with Gasteiger partial charge in [0, 0.05) is 41.2 Å². The Labute approximate surface area is 146 Å². The van der Waals surface area contributed by atoms with Crippen LogP contribution in [0.2, 0.25) is 0 Å². The zero-order valence-corrected chi connectivity index (χ0v) is 14.9. The number of carbonyl (C=O) groups is 1. The maximum atomic E-state index is 11.4. The van der Waals surface area contributed by atoms with Gasteiger partial charge in [-0.05, 0) is 26.0 Å². The second-order valence-electron chi connectivity index (χ2n) is 5.41. The van der Waals surface area contributed by atoms with Crippen molar-refractivity contribution >= 4 is 29.4 Å². The van der Waals surface area contributed by atoms with Gasteiger partial charge in [0.2, 0.25) is 0 Å². The van der Waals surface area contributed by atoms with Gasteiger partial charge < -0.3 is 14.4 Å². The first-order chi connectivity index (χ1) is 11.7. The minimum absolute atomic E-state index is 0.402. The lowest BCUT2D eigenvalue weighted by atomic mass is 10.1. The Balaban J connectivity index is 2.11. The van der Waals surface area contributed by atoms with Crippen molar-refractivity contribution < 1.29 is 14.3 Å². The third-order valence-electron chi connectivity index (χ3n) is 3.99. The molecule has 0 saturated heterocycles. The van der Waals surface area contributed by atoms with Crippen LogP contribution in [-0.4, -0.2) is 26.5 Å². The van der Waals surface area contributed by atoms with Crippen molar-refractivity contribution in [3.8, 4) is 0 Å². The number of rotatable bonds is 6. The number of benzene rings is 2. The molecule has 2 aromatic carbocycles. The van der Waals surface area contributed by atoms with Crippen molar-refractivity contribution in [1.29, 1.82) is 0 Å². The minimum atomic E-state index is -0.402. The molecule has 0 saturated carbocycles. The van der Waals surface area contributed by atoms with Gasteiger partial charge in [-0.15, -0.1) is 0 Å². The summed E-state index contributed by atoms with van der Waals surface area (Å²) >= 11 is 1.61. The molecule has 24 heavy (non-hydrogen) atoms. The van der Waals surface area contributed by atoms with Crippen molar-refractivity contribution in [1.82, 2.24) is 0 Å². The second kappa shape index (κ2) is 7.38. The summed E-state index contributed by atoms with van der Waals surface area (Å²) in [7, 11) is 2.02. The van der Waals surface area contributed by atoms with E-state index in [0.29, 0.717) is 18.8 Å². The average molecular weight is 343 g/mol. The molecule has 0 bridgehead atoms. The van der Waals surface area contributed by atoms with Crippen molar-refractivity contribution in [2.75, 3.05) is 25.2 Å². The molecule has 0 unspecified atom stereocenters. The van der Waals surface area contributed by atoms with Gasteiger partial charge in [0.05, 0.1) is 11.4 Å². The van der Waals surface area contributed by atoms with E-state index in [0.717, 1.165) is 33.0 Å². The van der Waals surface area contributed by atoms with Crippen LogP contribution in [0.15, 0.2) is 46.2 Å². The SMILES string of the molecule is CCOC(OCC)c1cccc2c1Sc1c(C=O)cccc1N2C. The molecule has 0 atom stereocenters. The summed E-state index contributed by atoms with van der Waals surface area (Å²) in [5, 5.41) is 0. The quantitative estimate of drug-likeness (QED) is 0.556. The fourth-order valence-corrected chi connectivity index (χ4v) is 4.22. The molecule has 1 heterocycles. The normalized spacial score (nSPS) is 12.9. The Morgan fingerprint density at radius 3 is 2.29 bits per heavy atom. The molecular weight excluding hydrogens is 322 g/mol. The number of carbonyl (C=O) groups excluding carboxylic acids is 1. The van der Waals surface area contributed by atoms with Crippen LogP contribution in [0.4, 0.5) is 11.4 Å². The summed E-state index contributed by atoms with van der Waals surface area (Å²) in [6.07, 6.45) is 0.511. The molecule has 5 heteroatoms. The van der Waals surface area contributed by atoms with E-state index in [1.807, 2.05) is 51.2 Å². The number of anilines is 2. The molecule has 0 aliphatic carbocycles. The largest absolute Gasteiger partial charge is 0.349 e. The first-order valence-corrected chi connectivity index (χ1v) is 8.88. The number of hydrogen-bond acceptors (Lipinski definition) is 5. The number of hydrogen-bond donors (Lipinski definition) is 0. The van der Waals surface area contributed by atoms with Crippen molar-refractivity contribution in [2.24, 2.45) is 0 Å². The van der Waals surface area contributed by atoms with Crippen LogP contribution in [0.3, 0.4) is 0 Å². The van der Waals surface area contributed by atoms with Crippen LogP contribution in [0.5, 0.6) is 0 Å². The van der Waals surface area contributed by atoms with E-state index < -0.39 is 6.29 Å². The summed E-state index contributed by atoms with van der Waals surface area (Å²) in [4.78, 5) is 15.6. The topological polar surface area (TPSA) is 38.8 Å². The molecule has 0 aromatic heterocycles. The molecule has 4 nitrogen and oxygen atoms in total. The van der Waals surface area contributed by atoms with Gasteiger partial charge in [-0.1, -0.05) is 36.0 Å². The van der Waals surface area contributed by atoms with E-state index in [2.05, 4.69) is 11.0 Å². The molecule has 1 aliphatic heterocycles. The minimum Gasteiger partial charge on any atom is -0.349 e. The van der Waals surface area contributed by atoms with E-state index in [9.17, 15) is 4.79 Å². The van der Waals surface area contributed by atoms with Crippen LogP contribution in [0.25, 0.3) is 0 Å². The molecule has 0 spiro atoms. The van der Waals surface area contributed by atoms with E-state index in [1.54, 1.807) is 11.8 Å². The van der Waals surface area contributed by atoms with Crippen LogP contribution in [0, 0.1) is 0 Å². The van der Waals surface area contributed by atoms with E-state index in [1.165, 1.54) is 0 Å². The predicted molar refractivity (Wildman–Crippen MR) is 96.5 cm³/mol. The Hall–Kier alpha value is -1.82. The molecule has 0 radical (unpaired) electrons. The van der Waals surface area contributed by atoms with E-state index >= 15 is 0 Å². The highest BCUT2D eigenvalue weighted by Gasteiger charge is 2.27. The average Bonchev–Trinajstić information content (AvgIpc) is 2.61. The number of ether oxygens (including phenoxy) is 2. The highest BCUT2D eigenvalue weighted by molar-refractivity contribution is 8.00. The van der Waals surface area contributed by atoms with Crippen molar-refractivity contribution in [3.63, 3.8) is 0 Å². The molecule has 2 aromatic rings. The second-order valence-corrected chi connectivity index (χ2v) is 6.43. The standard InChI is InChI=1S/C19H21NO3S/c1-4-22-19(23-5-2)14-9-7-11-16-18(14)24-17-13(12-21)8-6-10-15(17)20(16)3/h6-12,19H,4-5H2,1-3H3. The first kappa shape index (κ1) is 17.0. The lowest BCUT2D eigenvalue weighted by molar-refractivity contribution is -0.141. The van der Waals surface area contributed by atoms with Gasteiger partial charge >= 0.3 is 0 Å². The number of aldehydes is 1. The zero-order chi connectivity index (χ0) is 17.1. The Morgan fingerprint density at radius 2 is 1.67 bits per heavy atom. The maximum absolute atomic E-state index is 11.4. The van der Waals surface area contributed by atoms with Gasteiger partial charge in [-0.3, -0.25) is 4.79 Å². The van der Waals surface area contributed by atoms with E-state index in [4.69, 9.17) is 9.47 Å². The lowest BCUT2D eigenvalue weighted by Gasteiger charge is -2.32. The van der Waals surface area contributed by atoms with Gasteiger partial charge in [-0.2, -0.15) is 0 Å². The molecule has 126 valence electrons. The van der Waals surface area contributed by atoms with Crippen LogP contribution < -0.4 is 4.90 Å². The van der Waals surface area contributed by atoms with Crippen molar-refractivity contribution in [3.05, 3.63) is 47.5 Å². The maximum Gasteiger partial charge on any atom is 0.184 e. The third-order valence-corrected chi connectivity index (χ3v) is 5.29. The molecule has 0 fully saturated rings. The van der Waals surface area contributed by atoms with Crippen LogP contribution in [0.1, 0.15) is 36.1 Å². The number of nitrogens with zero attached hydrogens (tertiary/aromatic N) is 1. The number of fused-ring (bicyclic) bond motifs is 2. The predicted octanol–water partition coefficient (Wildman–Crippen LogP) is 4.80. The fraction of sp³-hybridized carbons (Fsp3) is 0.316. The summed E-state index contributed by atoms with van der Waals surface area (Å²) < 4.78 is 11.6. The zero-order valence-electron chi connectivity index (χ0n) is 14.1. The Kier molecular flexibility index (Phi) is 5.23. The van der Waals surface area contributed by atoms with Gasteiger partial charge in [0.1, 0.15) is 0 Å². The highest BCUT2D eigenvalue weighted by atomic mass is 32.2. The Morgan fingerprint density at radius 1 is 1.04 bits per heavy atom. The molecule has 1 aliphatic rings. The van der Waals surface area contributed by atoms with Crippen LogP contribution in [-0.2, 0) is 9.47 Å². The summed E-state index contributed by atoms with van der Waals surface area (Å²) in [6.45, 7) is 5.07. The summed E-state index contributed by atoms with van der Waals surface area (Å²) in [6, 6.07) is 11.9. The summed E-state index contributed by atoms with van der Waals surface area (Å²) in [5.74, 6) is 0.